The first-order valence-corrected chi connectivity index (χ1v) is 7.93. The van der Waals surface area contributed by atoms with E-state index in [0.717, 1.165) is 19.3 Å². The Morgan fingerprint density at radius 3 is 2.55 bits per heavy atom. The maximum absolute atomic E-state index is 14.0. The average molecular weight is 299 g/mol. The summed E-state index contributed by atoms with van der Waals surface area (Å²) >= 11 is 5.82. The first-order chi connectivity index (χ1) is 9.44. The molecule has 1 N–H and O–H groups in total. The van der Waals surface area contributed by atoms with Crippen LogP contribution in [0.4, 0.5) is 4.39 Å². The van der Waals surface area contributed by atoms with Crippen LogP contribution in [-0.2, 0) is 6.42 Å². The molecule has 1 aromatic carbocycles. The van der Waals surface area contributed by atoms with Gasteiger partial charge in [0.05, 0.1) is 11.1 Å². The van der Waals surface area contributed by atoms with Crippen molar-refractivity contribution in [1.82, 2.24) is 0 Å². The van der Waals surface area contributed by atoms with Crippen molar-refractivity contribution in [2.45, 2.75) is 58.5 Å². The van der Waals surface area contributed by atoms with Gasteiger partial charge < -0.3 is 5.11 Å². The normalized spacial score (nSPS) is 19.5. The largest absolute Gasteiger partial charge is 0.392 e. The Kier molecular flexibility index (Phi) is 5.09. The van der Waals surface area contributed by atoms with Crippen molar-refractivity contribution in [3.8, 4) is 0 Å². The van der Waals surface area contributed by atoms with Gasteiger partial charge in [0.25, 0.3) is 0 Å². The molecule has 1 nitrogen and oxygen atoms in total. The summed E-state index contributed by atoms with van der Waals surface area (Å²) < 4.78 is 14.0. The summed E-state index contributed by atoms with van der Waals surface area (Å²) in [6.07, 6.45) is 5.32. The average Bonchev–Trinajstić information content (AvgIpc) is 2.84. The van der Waals surface area contributed by atoms with Gasteiger partial charge in [-0.05, 0) is 42.2 Å². The second-order valence-electron chi connectivity index (χ2n) is 6.60. The van der Waals surface area contributed by atoms with E-state index in [9.17, 15) is 9.50 Å². The number of rotatable bonds is 5. The highest BCUT2D eigenvalue weighted by Crippen LogP contribution is 2.46. The van der Waals surface area contributed by atoms with E-state index in [1.807, 2.05) is 0 Å². The van der Waals surface area contributed by atoms with Crippen LogP contribution in [-0.4, -0.2) is 11.2 Å². The van der Waals surface area contributed by atoms with E-state index in [2.05, 4.69) is 13.8 Å². The first-order valence-electron chi connectivity index (χ1n) is 7.55. The summed E-state index contributed by atoms with van der Waals surface area (Å²) in [5.41, 5.74) is 0.489. The molecular formula is C17H24ClFO. The molecule has 0 amide bonds. The summed E-state index contributed by atoms with van der Waals surface area (Å²) in [5, 5.41) is 10.8. The lowest BCUT2D eigenvalue weighted by Crippen LogP contribution is -2.35. The first kappa shape index (κ1) is 15.8. The topological polar surface area (TPSA) is 20.2 Å². The molecule has 1 unspecified atom stereocenters. The van der Waals surface area contributed by atoms with Gasteiger partial charge in [-0.25, -0.2) is 4.39 Å². The van der Waals surface area contributed by atoms with Crippen LogP contribution in [0, 0.1) is 17.2 Å². The van der Waals surface area contributed by atoms with E-state index in [0.29, 0.717) is 17.9 Å². The van der Waals surface area contributed by atoms with Crippen LogP contribution in [0.25, 0.3) is 0 Å². The van der Waals surface area contributed by atoms with Crippen molar-refractivity contribution in [2.24, 2.45) is 11.3 Å². The Morgan fingerprint density at radius 1 is 1.30 bits per heavy atom. The van der Waals surface area contributed by atoms with E-state index < -0.39 is 6.10 Å². The molecule has 0 radical (unpaired) electrons. The molecule has 1 saturated carbocycles. The number of hydrogen-bond acceptors (Lipinski definition) is 1. The molecule has 1 atom stereocenters. The maximum Gasteiger partial charge on any atom is 0.145 e. The summed E-state index contributed by atoms with van der Waals surface area (Å²) in [4.78, 5) is 0. The van der Waals surface area contributed by atoms with E-state index in [1.54, 1.807) is 18.2 Å². The number of halogens is 2. The fourth-order valence-electron chi connectivity index (χ4n) is 3.70. The van der Waals surface area contributed by atoms with Crippen LogP contribution in [0.2, 0.25) is 5.02 Å². The Hall–Kier alpha value is -0.600. The summed E-state index contributed by atoms with van der Waals surface area (Å²) in [6, 6.07) is 5.02. The standard InChI is InChI=1S/C17H24ClFO/c1-12(2)11-17(8-3-4-9-17)15(20)10-13-6-5-7-14(18)16(13)19/h5-7,12,15,20H,3-4,8-11H2,1-2H3. The molecule has 112 valence electrons. The molecule has 0 heterocycles. The van der Waals surface area contributed by atoms with E-state index >= 15 is 0 Å². The fourth-order valence-corrected chi connectivity index (χ4v) is 3.89. The molecule has 1 aromatic rings. The van der Waals surface area contributed by atoms with Gasteiger partial charge in [-0.2, -0.15) is 0 Å². The molecule has 3 heteroatoms. The Bertz CT molecular complexity index is 452. The third-order valence-electron chi connectivity index (χ3n) is 4.57. The molecule has 1 fully saturated rings. The molecule has 20 heavy (non-hydrogen) atoms. The van der Waals surface area contributed by atoms with Crippen molar-refractivity contribution in [3.63, 3.8) is 0 Å². The third-order valence-corrected chi connectivity index (χ3v) is 4.86. The van der Waals surface area contributed by atoms with Crippen molar-refractivity contribution in [3.05, 3.63) is 34.6 Å². The lowest BCUT2D eigenvalue weighted by Gasteiger charge is -2.36. The smallest absolute Gasteiger partial charge is 0.145 e. The van der Waals surface area contributed by atoms with Crippen molar-refractivity contribution >= 4 is 11.6 Å². The number of hydrogen-bond donors (Lipinski definition) is 1. The molecule has 0 spiro atoms. The summed E-state index contributed by atoms with van der Waals surface area (Å²) in [7, 11) is 0. The fraction of sp³-hybridized carbons (Fsp3) is 0.647. The molecule has 1 aliphatic carbocycles. The predicted molar refractivity (Wildman–Crippen MR) is 81.5 cm³/mol. The van der Waals surface area contributed by atoms with Gasteiger partial charge in [0.2, 0.25) is 0 Å². The van der Waals surface area contributed by atoms with Crippen LogP contribution in [0.1, 0.15) is 51.5 Å². The van der Waals surface area contributed by atoms with Crippen LogP contribution < -0.4 is 0 Å². The summed E-state index contributed by atoms with van der Waals surface area (Å²) in [6.45, 7) is 4.37. The monoisotopic (exact) mass is 298 g/mol. The zero-order valence-corrected chi connectivity index (χ0v) is 13.1. The highest BCUT2D eigenvalue weighted by atomic mass is 35.5. The SMILES string of the molecule is CC(C)CC1(C(O)Cc2cccc(Cl)c2F)CCCC1. The van der Waals surface area contributed by atoms with E-state index in [1.165, 1.54) is 12.8 Å². The molecular weight excluding hydrogens is 275 g/mol. The van der Waals surface area contributed by atoms with Crippen molar-refractivity contribution in [2.75, 3.05) is 0 Å². The van der Waals surface area contributed by atoms with E-state index in [4.69, 9.17) is 11.6 Å². The van der Waals surface area contributed by atoms with Gasteiger partial charge in [-0.15, -0.1) is 0 Å². The van der Waals surface area contributed by atoms with Crippen LogP contribution in [0.3, 0.4) is 0 Å². The second-order valence-corrected chi connectivity index (χ2v) is 7.01. The second kappa shape index (κ2) is 6.44. The number of benzene rings is 1. The van der Waals surface area contributed by atoms with Crippen LogP contribution >= 0.6 is 11.6 Å². The molecule has 0 bridgehead atoms. The van der Waals surface area contributed by atoms with Crippen LogP contribution in [0.5, 0.6) is 0 Å². The minimum atomic E-state index is -0.486. The number of aliphatic hydroxyl groups is 1. The molecule has 0 saturated heterocycles. The van der Waals surface area contributed by atoms with Crippen LogP contribution in [0.15, 0.2) is 18.2 Å². The highest BCUT2D eigenvalue weighted by molar-refractivity contribution is 6.30. The Balaban J connectivity index is 2.16. The van der Waals surface area contributed by atoms with Gasteiger partial charge >= 0.3 is 0 Å². The zero-order chi connectivity index (χ0) is 14.8. The lowest BCUT2D eigenvalue weighted by atomic mass is 9.72. The third kappa shape index (κ3) is 3.35. The summed E-state index contributed by atoms with van der Waals surface area (Å²) in [5.74, 6) is 0.165. The number of aliphatic hydroxyl groups excluding tert-OH is 1. The minimum Gasteiger partial charge on any atom is -0.392 e. The molecule has 1 aliphatic rings. The Labute approximate surface area is 126 Å². The zero-order valence-electron chi connectivity index (χ0n) is 12.3. The minimum absolute atomic E-state index is 0.0388. The van der Waals surface area contributed by atoms with Gasteiger partial charge in [-0.1, -0.05) is 50.4 Å². The van der Waals surface area contributed by atoms with Crippen molar-refractivity contribution < 1.29 is 9.50 Å². The molecule has 0 aliphatic heterocycles. The van der Waals surface area contributed by atoms with Gasteiger partial charge in [-0.3, -0.25) is 0 Å². The van der Waals surface area contributed by atoms with Gasteiger partial charge in [0.1, 0.15) is 5.82 Å². The predicted octanol–water partition coefficient (Wildman–Crippen LogP) is 4.99. The Morgan fingerprint density at radius 2 is 1.95 bits per heavy atom. The quantitative estimate of drug-likeness (QED) is 0.812. The molecule has 0 aromatic heterocycles. The maximum atomic E-state index is 14.0. The van der Waals surface area contributed by atoms with Gasteiger partial charge in [0, 0.05) is 6.42 Å². The highest BCUT2D eigenvalue weighted by Gasteiger charge is 2.40. The van der Waals surface area contributed by atoms with Gasteiger partial charge in [0.15, 0.2) is 0 Å². The molecule has 2 rings (SSSR count). The lowest BCUT2D eigenvalue weighted by molar-refractivity contribution is 0.0128. The van der Waals surface area contributed by atoms with Crippen molar-refractivity contribution in [1.29, 1.82) is 0 Å². The van der Waals surface area contributed by atoms with E-state index in [-0.39, 0.29) is 16.3 Å².